The highest BCUT2D eigenvalue weighted by atomic mass is 14.7. The van der Waals surface area contributed by atoms with Crippen molar-refractivity contribution in [3.8, 4) is 0 Å². The summed E-state index contributed by atoms with van der Waals surface area (Å²) >= 11 is 0. The van der Waals surface area contributed by atoms with Gasteiger partial charge in [0, 0.05) is 11.5 Å². The highest BCUT2D eigenvalue weighted by Gasteiger charge is 2.30. The van der Waals surface area contributed by atoms with E-state index < -0.39 is 0 Å². The summed E-state index contributed by atoms with van der Waals surface area (Å²) in [6, 6.07) is 0.371. The molecule has 1 heteroatoms. The largest absolute Gasteiger partial charge is 0.327 e. The van der Waals surface area contributed by atoms with Crippen LogP contribution >= 0.6 is 0 Å². The molecule has 0 fully saturated rings. The van der Waals surface area contributed by atoms with Gasteiger partial charge < -0.3 is 5.73 Å². The maximum absolute atomic E-state index is 6.04. The van der Waals surface area contributed by atoms with E-state index in [1.807, 2.05) is 0 Å². The lowest BCUT2D eigenvalue weighted by Gasteiger charge is -2.36. The molecule has 0 amide bonds. The average Bonchev–Trinajstić information content (AvgIpc) is 1.98. The van der Waals surface area contributed by atoms with Crippen molar-refractivity contribution >= 4 is 0 Å². The molecular formula is C10H19N. The van der Waals surface area contributed by atoms with Crippen molar-refractivity contribution < 1.29 is 0 Å². The molecule has 0 saturated carbocycles. The first-order valence-electron chi connectivity index (χ1n) is 4.52. The Morgan fingerprint density at radius 3 is 2.82 bits per heavy atom. The van der Waals surface area contributed by atoms with Gasteiger partial charge in [-0.15, -0.1) is 0 Å². The zero-order valence-corrected chi connectivity index (χ0v) is 7.85. The molecule has 1 aliphatic carbocycles. The number of allylic oxidation sites excluding steroid dienone is 1. The first-order chi connectivity index (χ1) is 5.08. The summed E-state index contributed by atoms with van der Waals surface area (Å²) in [6.45, 7) is 6.69. The normalized spacial score (nSPS) is 38.5. The first-order valence-corrected chi connectivity index (χ1v) is 4.52. The molecule has 0 heterocycles. The molecule has 0 saturated heterocycles. The van der Waals surface area contributed by atoms with Gasteiger partial charge in [0.05, 0.1) is 0 Å². The van der Waals surface area contributed by atoms with Gasteiger partial charge in [-0.25, -0.2) is 0 Å². The van der Waals surface area contributed by atoms with Crippen LogP contribution in [0.1, 0.15) is 40.0 Å². The fourth-order valence-corrected chi connectivity index (χ4v) is 1.82. The molecule has 0 aromatic heterocycles. The van der Waals surface area contributed by atoms with Crippen LogP contribution in [0.4, 0.5) is 0 Å². The Morgan fingerprint density at radius 2 is 2.36 bits per heavy atom. The number of hydrogen-bond donors (Lipinski definition) is 1. The third kappa shape index (κ3) is 1.64. The van der Waals surface area contributed by atoms with Crippen molar-refractivity contribution in [3.63, 3.8) is 0 Å². The molecule has 1 rings (SSSR count). The van der Waals surface area contributed by atoms with Crippen molar-refractivity contribution in [3.05, 3.63) is 11.6 Å². The van der Waals surface area contributed by atoms with Crippen molar-refractivity contribution in [2.45, 2.75) is 46.1 Å². The highest BCUT2D eigenvalue weighted by molar-refractivity contribution is 5.14. The minimum atomic E-state index is 0.266. The number of rotatable bonds is 1. The molecule has 11 heavy (non-hydrogen) atoms. The number of nitrogens with two attached hydrogens (primary N) is 1. The van der Waals surface area contributed by atoms with Gasteiger partial charge in [0.25, 0.3) is 0 Å². The molecule has 2 N–H and O–H groups in total. The van der Waals surface area contributed by atoms with Crippen LogP contribution in [0.2, 0.25) is 0 Å². The summed E-state index contributed by atoms with van der Waals surface area (Å²) in [5, 5.41) is 0. The molecule has 0 aliphatic heterocycles. The summed E-state index contributed by atoms with van der Waals surface area (Å²) < 4.78 is 0. The molecule has 0 radical (unpaired) electrons. The maximum atomic E-state index is 6.04. The van der Waals surface area contributed by atoms with Crippen LogP contribution in [0.3, 0.4) is 0 Å². The Balaban J connectivity index is 2.82. The minimum absolute atomic E-state index is 0.266. The van der Waals surface area contributed by atoms with Crippen LogP contribution in [-0.4, -0.2) is 6.04 Å². The lowest BCUT2D eigenvalue weighted by molar-refractivity contribution is 0.291. The van der Waals surface area contributed by atoms with E-state index in [1.165, 1.54) is 12.0 Å². The second-order valence-corrected chi connectivity index (χ2v) is 4.00. The summed E-state index contributed by atoms with van der Waals surface area (Å²) in [6.07, 6.45) is 5.87. The SMILES string of the molecule is CCC1(C)C=C(C)CCC1N. The molecule has 0 bridgehead atoms. The van der Waals surface area contributed by atoms with E-state index in [9.17, 15) is 0 Å². The zero-order valence-electron chi connectivity index (χ0n) is 7.85. The Labute approximate surface area is 69.7 Å². The predicted molar refractivity (Wildman–Crippen MR) is 49.4 cm³/mol. The Morgan fingerprint density at radius 1 is 1.73 bits per heavy atom. The van der Waals surface area contributed by atoms with Gasteiger partial charge in [0.2, 0.25) is 0 Å². The molecule has 64 valence electrons. The fraction of sp³-hybridized carbons (Fsp3) is 0.800. The van der Waals surface area contributed by atoms with Gasteiger partial charge in [-0.2, -0.15) is 0 Å². The van der Waals surface area contributed by atoms with Gasteiger partial charge in [0.1, 0.15) is 0 Å². The van der Waals surface area contributed by atoms with Crippen LogP contribution in [0.15, 0.2) is 11.6 Å². The second-order valence-electron chi connectivity index (χ2n) is 4.00. The quantitative estimate of drug-likeness (QED) is 0.575. The molecule has 2 unspecified atom stereocenters. The van der Waals surface area contributed by atoms with Gasteiger partial charge in [0.15, 0.2) is 0 Å². The first kappa shape index (κ1) is 8.79. The smallest absolute Gasteiger partial charge is 0.0131 e. The fourth-order valence-electron chi connectivity index (χ4n) is 1.82. The van der Waals surface area contributed by atoms with Crippen molar-refractivity contribution in [1.29, 1.82) is 0 Å². The van der Waals surface area contributed by atoms with Crippen LogP contribution in [0, 0.1) is 5.41 Å². The summed E-state index contributed by atoms with van der Waals surface area (Å²) in [5.41, 5.74) is 7.82. The van der Waals surface area contributed by atoms with Crippen molar-refractivity contribution in [2.75, 3.05) is 0 Å². The average molecular weight is 153 g/mol. The lowest BCUT2D eigenvalue weighted by atomic mass is 9.73. The van der Waals surface area contributed by atoms with E-state index in [-0.39, 0.29) is 5.41 Å². The standard InChI is InChI=1S/C10H19N/c1-4-10(3)7-8(2)5-6-9(10)11/h7,9H,4-6,11H2,1-3H3. The van der Waals surface area contributed by atoms with Crippen LogP contribution in [0.25, 0.3) is 0 Å². The van der Waals surface area contributed by atoms with E-state index in [1.54, 1.807) is 0 Å². The van der Waals surface area contributed by atoms with Crippen molar-refractivity contribution in [1.82, 2.24) is 0 Å². The Kier molecular flexibility index (Phi) is 2.38. The molecule has 0 spiro atoms. The Hall–Kier alpha value is -0.300. The second kappa shape index (κ2) is 2.98. The van der Waals surface area contributed by atoms with E-state index in [4.69, 9.17) is 5.73 Å². The molecule has 2 atom stereocenters. The third-order valence-corrected chi connectivity index (χ3v) is 3.03. The predicted octanol–water partition coefficient (Wildman–Crippen LogP) is 2.47. The third-order valence-electron chi connectivity index (χ3n) is 3.03. The molecule has 0 aromatic rings. The molecule has 1 nitrogen and oxygen atoms in total. The van der Waals surface area contributed by atoms with Crippen molar-refractivity contribution in [2.24, 2.45) is 11.1 Å². The minimum Gasteiger partial charge on any atom is -0.327 e. The zero-order chi connectivity index (χ0) is 8.48. The summed E-state index contributed by atoms with van der Waals surface area (Å²) in [7, 11) is 0. The van der Waals surface area contributed by atoms with Crippen LogP contribution < -0.4 is 5.73 Å². The van der Waals surface area contributed by atoms with Gasteiger partial charge in [-0.3, -0.25) is 0 Å². The monoisotopic (exact) mass is 153 g/mol. The maximum Gasteiger partial charge on any atom is 0.0131 e. The van der Waals surface area contributed by atoms with Crippen LogP contribution in [-0.2, 0) is 0 Å². The highest BCUT2D eigenvalue weighted by Crippen LogP contribution is 2.35. The molecular weight excluding hydrogens is 134 g/mol. The lowest BCUT2D eigenvalue weighted by Crippen LogP contribution is -2.40. The van der Waals surface area contributed by atoms with E-state index in [0.29, 0.717) is 6.04 Å². The topological polar surface area (TPSA) is 26.0 Å². The Bertz CT molecular complexity index is 172. The number of hydrogen-bond acceptors (Lipinski definition) is 1. The van der Waals surface area contributed by atoms with Crippen LogP contribution in [0.5, 0.6) is 0 Å². The summed E-state index contributed by atoms with van der Waals surface area (Å²) in [5.74, 6) is 0. The molecule has 0 aromatic carbocycles. The van der Waals surface area contributed by atoms with E-state index >= 15 is 0 Å². The van der Waals surface area contributed by atoms with Gasteiger partial charge >= 0.3 is 0 Å². The molecule has 1 aliphatic rings. The van der Waals surface area contributed by atoms with Gasteiger partial charge in [-0.05, 0) is 26.2 Å². The van der Waals surface area contributed by atoms with E-state index in [2.05, 4.69) is 26.8 Å². The summed E-state index contributed by atoms with van der Waals surface area (Å²) in [4.78, 5) is 0. The van der Waals surface area contributed by atoms with E-state index in [0.717, 1.165) is 12.8 Å². The van der Waals surface area contributed by atoms with Gasteiger partial charge in [-0.1, -0.05) is 25.5 Å².